The minimum absolute atomic E-state index is 0.151. The molecule has 1 saturated carbocycles. The number of hydrogen-bond acceptors (Lipinski definition) is 6. The van der Waals surface area contributed by atoms with Crippen LogP contribution in [0.4, 0.5) is 10.5 Å². The Labute approximate surface area is 194 Å². The van der Waals surface area contributed by atoms with Crippen LogP contribution in [0.3, 0.4) is 0 Å². The Hall–Kier alpha value is -2.97. The monoisotopic (exact) mass is 455 g/mol. The van der Waals surface area contributed by atoms with Gasteiger partial charge in [-0.3, -0.25) is 29.2 Å². The molecule has 3 aliphatic rings. The molecule has 1 aromatic heterocycles. The zero-order valence-electron chi connectivity index (χ0n) is 19.9. The fourth-order valence-electron chi connectivity index (χ4n) is 5.53. The number of rotatable bonds is 6. The maximum atomic E-state index is 13.4. The molecule has 0 radical (unpaired) electrons. The molecule has 1 aromatic rings. The minimum Gasteiger partial charge on any atom is -0.397 e. The fraction of sp³-hybridized carbons (Fsp3) is 0.625. The maximum absolute atomic E-state index is 13.4. The Morgan fingerprint density at radius 3 is 2.30 bits per heavy atom. The van der Waals surface area contributed by atoms with Crippen molar-refractivity contribution in [2.24, 2.45) is 5.41 Å². The van der Waals surface area contributed by atoms with Gasteiger partial charge < -0.3 is 10.6 Å². The average Bonchev–Trinajstić information content (AvgIpc) is 3.15. The summed E-state index contributed by atoms with van der Waals surface area (Å²) in [6, 6.07) is -0.945. The first-order chi connectivity index (χ1) is 15.6. The molecule has 2 N–H and O–H groups in total. The molecule has 178 valence electrons. The highest BCUT2D eigenvalue weighted by Crippen LogP contribution is 2.44. The number of pyridine rings is 1. The van der Waals surface area contributed by atoms with Crippen LogP contribution in [0.1, 0.15) is 85.2 Å². The van der Waals surface area contributed by atoms with Gasteiger partial charge in [0.15, 0.2) is 0 Å². The highest BCUT2D eigenvalue weighted by molar-refractivity contribution is 6.24. The van der Waals surface area contributed by atoms with Gasteiger partial charge in [0.05, 0.1) is 28.7 Å². The van der Waals surface area contributed by atoms with Crippen LogP contribution >= 0.6 is 0 Å². The lowest BCUT2D eigenvalue weighted by molar-refractivity contribution is -0.128. The van der Waals surface area contributed by atoms with E-state index in [-0.39, 0.29) is 40.9 Å². The topological polar surface area (TPSA) is 117 Å². The van der Waals surface area contributed by atoms with E-state index >= 15 is 0 Å². The molecule has 0 aromatic carbocycles. The van der Waals surface area contributed by atoms with Crippen LogP contribution in [0.25, 0.3) is 0 Å². The minimum atomic E-state index is -0.463. The number of nitrogens with two attached hydrogens (primary N) is 1. The lowest BCUT2D eigenvalue weighted by Gasteiger charge is -2.41. The number of aromatic nitrogens is 1. The quantitative estimate of drug-likeness (QED) is 0.521. The van der Waals surface area contributed by atoms with Crippen molar-refractivity contribution in [3.63, 3.8) is 0 Å². The van der Waals surface area contributed by atoms with Gasteiger partial charge in [-0.1, -0.05) is 20.3 Å². The first kappa shape index (κ1) is 23.2. The van der Waals surface area contributed by atoms with Gasteiger partial charge in [-0.25, -0.2) is 4.79 Å². The SMILES string of the molecule is CCCCc1ncc(N)c2c1C(=O)N(C1CCC(C)(C[C@@H]3C(=O)N(C)C(=O)N3C)CC1)C2=O. The van der Waals surface area contributed by atoms with E-state index in [2.05, 4.69) is 18.8 Å². The van der Waals surface area contributed by atoms with Crippen molar-refractivity contribution in [1.82, 2.24) is 19.7 Å². The van der Waals surface area contributed by atoms with Gasteiger partial charge in [0.2, 0.25) is 0 Å². The van der Waals surface area contributed by atoms with Crippen molar-refractivity contribution in [2.75, 3.05) is 19.8 Å². The molecule has 0 bridgehead atoms. The van der Waals surface area contributed by atoms with E-state index in [0.29, 0.717) is 42.5 Å². The lowest BCUT2D eigenvalue weighted by atomic mass is 9.70. The molecule has 1 aliphatic carbocycles. The number of urea groups is 1. The number of fused-ring (bicyclic) bond motifs is 1. The van der Waals surface area contributed by atoms with E-state index < -0.39 is 6.04 Å². The standard InChI is InChI=1S/C24H33N5O4/c1-5-6-7-16-19-18(15(25)13-26-16)21(31)29(22(19)32)14-8-10-24(2,11-9-14)12-17-20(30)28(4)23(33)27(17)3/h13-14,17H,5-12,25H2,1-4H3/t14?,17-,24?/m1/s1. The molecule has 1 saturated heterocycles. The summed E-state index contributed by atoms with van der Waals surface area (Å²) in [5, 5.41) is 0. The van der Waals surface area contributed by atoms with Crippen molar-refractivity contribution in [1.29, 1.82) is 0 Å². The summed E-state index contributed by atoms with van der Waals surface area (Å²) in [5.41, 5.74) is 7.50. The van der Waals surface area contributed by atoms with Crippen LogP contribution in [0.15, 0.2) is 6.20 Å². The van der Waals surface area contributed by atoms with Gasteiger partial charge in [-0.2, -0.15) is 0 Å². The first-order valence-electron chi connectivity index (χ1n) is 11.8. The number of likely N-dealkylation sites (N-methyl/N-ethyl adjacent to an activating group) is 2. The summed E-state index contributed by atoms with van der Waals surface area (Å²) < 4.78 is 0. The van der Waals surface area contributed by atoms with Crippen LogP contribution in [-0.2, 0) is 11.2 Å². The number of amides is 5. The van der Waals surface area contributed by atoms with Crippen molar-refractivity contribution in [3.05, 3.63) is 23.0 Å². The van der Waals surface area contributed by atoms with Crippen LogP contribution < -0.4 is 5.73 Å². The van der Waals surface area contributed by atoms with E-state index in [1.165, 1.54) is 27.9 Å². The number of carbonyl (C=O) groups excluding carboxylic acids is 4. The molecule has 1 atom stereocenters. The van der Waals surface area contributed by atoms with Gasteiger partial charge in [-0.05, 0) is 50.4 Å². The van der Waals surface area contributed by atoms with Gasteiger partial charge in [0, 0.05) is 20.1 Å². The number of unbranched alkanes of at least 4 members (excludes halogenated alkanes) is 1. The predicted octanol–water partition coefficient (Wildman–Crippen LogP) is 2.83. The van der Waals surface area contributed by atoms with Crippen molar-refractivity contribution in [3.8, 4) is 0 Å². The van der Waals surface area contributed by atoms with E-state index in [0.717, 1.165) is 25.7 Å². The van der Waals surface area contributed by atoms with E-state index in [1.807, 2.05) is 0 Å². The highest BCUT2D eigenvalue weighted by atomic mass is 16.2. The largest absolute Gasteiger partial charge is 0.397 e. The molecule has 2 aliphatic heterocycles. The van der Waals surface area contributed by atoms with Crippen LogP contribution in [0, 0.1) is 5.41 Å². The average molecular weight is 456 g/mol. The summed E-state index contributed by atoms with van der Waals surface area (Å²) in [7, 11) is 3.18. The maximum Gasteiger partial charge on any atom is 0.326 e. The van der Waals surface area contributed by atoms with Gasteiger partial charge >= 0.3 is 6.03 Å². The molecular weight excluding hydrogens is 422 g/mol. The zero-order chi connectivity index (χ0) is 24.1. The highest BCUT2D eigenvalue weighted by Gasteiger charge is 2.48. The van der Waals surface area contributed by atoms with Crippen molar-refractivity contribution >= 4 is 29.4 Å². The van der Waals surface area contributed by atoms with Crippen LogP contribution in [-0.4, -0.2) is 69.6 Å². The zero-order valence-corrected chi connectivity index (χ0v) is 19.9. The number of nitrogen functional groups attached to an aromatic ring is 1. The smallest absolute Gasteiger partial charge is 0.326 e. The van der Waals surface area contributed by atoms with Gasteiger partial charge in [0.1, 0.15) is 6.04 Å². The number of aryl methyl sites for hydroxylation is 1. The molecule has 3 heterocycles. The third-order valence-corrected chi connectivity index (χ3v) is 7.70. The number of anilines is 1. The summed E-state index contributed by atoms with van der Waals surface area (Å²) in [6.45, 7) is 4.20. The van der Waals surface area contributed by atoms with Gasteiger partial charge in [-0.15, -0.1) is 0 Å². The number of hydrogen-bond donors (Lipinski definition) is 1. The van der Waals surface area contributed by atoms with Gasteiger partial charge in [0.25, 0.3) is 17.7 Å². The molecule has 2 fully saturated rings. The van der Waals surface area contributed by atoms with Crippen molar-refractivity contribution < 1.29 is 19.2 Å². The molecule has 9 nitrogen and oxygen atoms in total. The Bertz CT molecular complexity index is 1010. The molecule has 4 rings (SSSR count). The molecular formula is C24H33N5O4. The van der Waals surface area contributed by atoms with E-state index in [1.54, 1.807) is 7.05 Å². The second-order valence-electron chi connectivity index (χ2n) is 10.0. The predicted molar refractivity (Wildman–Crippen MR) is 122 cm³/mol. The summed E-state index contributed by atoms with van der Waals surface area (Å²) >= 11 is 0. The Balaban J connectivity index is 1.48. The third kappa shape index (κ3) is 3.77. The van der Waals surface area contributed by atoms with Crippen LogP contribution in [0.5, 0.6) is 0 Å². The molecule has 5 amide bonds. The Morgan fingerprint density at radius 1 is 1.09 bits per heavy atom. The molecule has 0 spiro atoms. The summed E-state index contributed by atoms with van der Waals surface area (Å²) in [6.07, 6.45) is 7.41. The van der Waals surface area contributed by atoms with Crippen molar-refractivity contribution in [2.45, 2.75) is 77.3 Å². The number of carbonyl (C=O) groups is 4. The van der Waals surface area contributed by atoms with E-state index in [4.69, 9.17) is 5.73 Å². The second-order valence-corrected chi connectivity index (χ2v) is 10.0. The second kappa shape index (κ2) is 8.43. The third-order valence-electron chi connectivity index (χ3n) is 7.70. The Morgan fingerprint density at radius 2 is 1.73 bits per heavy atom. The number of imide groups is 2. The lowest BCUT2D eigenvalue weighted by Crippen LogP contribution is -2.45. The molecule has 33 heavy (non-hydrogen) atoms. The normalized spacial score (nSPS) is 27.7. The summed E-state index contributed by atoms with van der Waals surface area (Å²) in [5.74, 6) is -0.777. The van der Waals surface area contributed by atoms with Crippen LogP contribution in [0.2, 0.25) is 0 Å². The fourth-order valence-corrected chi connectivity index (χ4v) is 5.53. The number of nitrogens with zero attached hydrogens (tertiary/aromatic N) is 4. The summed E-state index contributed by atoms with van der Waals surface area (Å²) in [4.78, 5) is 59.7. The molecule has 0 unspecified atom stereocenters. The Kier molecular flexibility index (Phi) is 5.92. The van der Waals surface area contributed by atoms with E-state index in [9.17, 15) is 19.2 Å². The first-order valence-corrected chi connectivity index (χ1v) is 11.8. The molecule has 9 heteroatoms.